The highest BCUT2D eigenvalue weighted by Gasteiger charge is 2.25. The van der Waals surface area contributed by atoms with E-state index in [4.69, 9.17) is 9.16 Å². The van der Waals surface area contributed by atoms with Crippen molar-refractivity contribution in [2.45, 2.75) is 52.2 Å². The van der Waals surface area contributed by atoms with Crippen molar-refractivity contribution in [3.8, 4) is 0 Å². The van der Waals surface area contributed by atoms with E-state index in [1.165, 1.54) is 0 Å². The summed E-state index contributed by atoms with van der Waals surface area (Å²) < 4.78 is 10.8. The Labute approximate surface area is 108 Å². The summed E-state index contributed by atoms with van der Waals surface area (Å²) in [6.07, 6.45) is 0.409. The molecule has 0 fully saturated rings. The summed E-state index contributed by atoms with van der Waals surface area (Å²) in [6, 6.07) is 0. The molecule has 0 saturated heterocycles. The molecule has 0 aromatic rings. The molecule has 0 radical (unpaired) electrons. The molecule has 0 bridgehead atoms. The Morgan fingerprint density at radius 1 is 1.35 bits per heavy atom. The molecule has 6 heteroatoms. The van der Waals surface area contributed by atoms with Crippen LogP contribution in [-0.4, -0.2) is 35.0 Å². The third-order valence-electron chi connectivity index (χ3n) is 2.26. The van der Waals surface area contributed by atoms with Gasteiger partial charge in [-0.15, -0.1) is 0 Å². The molecule has 0 aliphatic carbocycles. The number of carbonyl (C=O) groups is 1. The lowest BCUT2D eigenvalue weighted by Gasteiger charge is -2.24. The lowest BCUT2D eigenvalue weighted by atomic mass is 10.3. The van der Waals surface area contributed by atoms with Crippen LogP contribution < -0.4 is 0 Å². The summed E-state index contributed by atoms with van der Waals surface area (Å²) in [6.45, 7) is 11.3. The normalized spacial score (nSPS) is 17.1. The van der Waals surface area contributed by atoms with E-state index < -0.39 is 19.7 Å². The Bertz CT molecular complexity index is 316. The van der Waals surface area contributed by atoms with E-state index in [0.717, 1.165) is 0 Å². The first-order valence-corrected chi connectivity index (χ1v) is 10.2. The van der Waals surface area contributed by atoms with Crippen LogP contribution in [0.5, 0.6) is 0 Å². The van der Waals surface area contributed by atoms with Crippen molar-refractivity contribution in [1.29, 1.82) is 0 Å². The molecule has 0 aromatic carbocycles. The number of hydrogen-bond acceptors (Lipinski definition) is 4. The van der Waals surface area contributed by atoms with Gasteiger partial charge in [-0.25, -0.2) is 4.79 Å². The molecular weight excluding hydrogens is 252 g/mol. The van der Waals surface area contributed by atoms with E-state index >= 15 is 0 Å². The van der Waals surface area contributed by atoms with Crippen LogP contribution in [0.25, 0.3) is 0 Å². The van der Waals surface area contributed by atoms with Crippen LogP contribution in [0.2, 0.25) is 19.6 Å². The molecule has 0 saturated carbocycles. The Morgan fingerprint density at radius 2 is 1.82 bits per heavy atom. The number of esters is 1. The fourth-order valence-electron chi connectivity index (χ4n) is 1.03. The summed E-state index contributed by atoms with van der Waals surface area (Å²) in [5, 5.41) is 9.72. The highest BCUT2D eigenvalue weighted by Crippen LogP contribution is 2.17. The molecule has 0 aliphatic heterocycles. The smallest absolute Gasteiger partial charge is 0.339 e. The molecule has 0 amide bonds. The van der Waals surface area contributed by atoms with E-state index in [1.54, 1.807) is 20.8 Å². The van der Waals surface area contributed by atoms with Gasteiger partial charge in [-0.05, 0) is 33.5 Å². The first-order chi connectivity index (χ1) is 7.48. The number of allylic oxidation sites excluding steroid dienone is 1. The zero-order valence-corrected chi connectivity index (χ0v) is 14.9. The zero-order valence-electron chi connectivity index (χ0n) is 11.9. The molecular formula is C11H24O4Si2. The molecule has 0 aromatic heterocycles. The fraction of sp³-hybridized carbons (Fsp3) is 0.727. The molecule has 1 unspecified atom stereocenters. The van der Waals surface area contributed by atoms with Gasteiger partial charge in [0.25, 0.3) is 0 Å². The molecule has 0 aliphatic rings. The summed E-state index contributed by atoms with van der Waals surface area (Å²) in [7, 11) is -1.33. The summed E-state index contributed by atoms with van der Waals surface area (Å²) in [5.74, 6) is 0.0860. The molecule has 0 rings (SSSR count). The van der Waals surface area contributed by atoms with Gasteiger partial charge in [0.15, 0.2) is 5.41 Å². The first-order valence-electron chi connectivity index (χ1n) is 5.80. The van der Waals surface area contributed by atoms with Crippen LogP contribution in [0.4, 0.5) is 0 Å². The van der Waals surface area contributed by atoms with Crippen molar-refractivity contribution in [2.75, 3.05) is 0 Å². The van der Waals surface area contributed by atoms with Crippen molar-refractivity contribution < 1.29 is 19.1 Å². The topological polar surface area (TPSA) is 55.8 Å². The highest BCUT2D eigenvalue weighted by atomic mass is 28.4. The zero-order chi connectivity index (χ0) is 13.9. The average molecular weight is 276 g/mol. The van der Waals surface area contributed by atoms with E-state index in [1.807, 2.05) is 19.6 Å². The van der Waals surface area contributed by atoms with Crippen LogP contribution in [0.3, 0.4) is 0 Å². The Kier molecular flexibility index (Phi) is 5.63. The van der Waals surface area contributed by atoms with E-state index in [9.17, 15) is 9.90 Å². The van der Waals surface area contributed by atoms with Crippen LogP contribution in [0.15, 0.2) is 11.3 Å². The third kappa shape index (κ3) is 6.65. The van der Waals surface area contributed by atoms with Crippen LogP contribution in [0, 0.1) is 0 Å². The van der Waals surface area contributed by atoms with Gasteiger partial charge in [0.2, 0.25) is 8.32 Å². The highest BCUT2D eigenvalue weighted by molar-refractivity contribution is 6.70. The lowest BCUT2D eigenvalue weighted by Crippen LogP contribution is -2.35. The third-order valence-corrected chi connectivity index (χ3v) is 4.09. The molecule has 0 heterocycles. The summed E-state index contributed by atoms with van der Waals surface area (Å²) in [4.78, 5) is 11.8. The number of ether oxygens (including phenoxy) is 1. The minimum absolute atomic E-state index is 0.389. The van der Waals surface area contributed by atoms with Gasteiger partial charge in [0.1, 0.15) is 0 Å². The maximum atomic E-state index is 11.8. The minimum Gasteiger partial charge on any atom is -0.547 e. The average Bonchev–Trinajstić information content (AvgIpc) is 2.13. The van der Waals surface area contributed by atoms with E-state index in [0.29, 0.717) is 28.0 Å². The monoisotopic (exact) mass is 276 g/mol. The van der Waals surface area contributed by atoms with Gasteiger partial charge in [-0.2, -0.15) is 0 Å². The predicted molar refractivity (Wildman–Crippen MR) is 74.1 cm³/mol. The van der Waals surface area contributed by atoms with Crippen molar-refractivity contribution in [1.82, 2.24) is 0 Å². The van der Waals surface area contributed by atoms with Crippen LogP contribution in [0.1, 0.15) is 27.2 Å². The van der Waals surface area contributed by atoms with Crippen molar-refractivity contribution in [3.05, 3.63) is 11.3 Å². The summed E-state index contributed by atoms with van der Waals surface area (Å²) >= 11 is 0. The van der Waals surface area contributed by atoms with Gasteiger partial charge in [-0.1, -0.05) is 6.92 Å². The van der Waals surface area contributed by atoms with Crippen LogP contribution in [-0.2, 0) is 14.0 Å². The SMILES string of the molecule is CCC(O)([SiH3])OC(=O)C(C)=C(C)O[Si](C)(C)C. The number of carbonyl (C=O) groups excluding carboxylic acids is 1. The molecule has 17 heavy (non-hydrogen) atoms. The van der Waals surface area contributed by atoms with Gasteiger partial charge in [-0.3, -0.25) is 0 Å². The van der Waals surface area contributed by atoms with Crippen molar-refractivity contribution in [2.24, 2.45) is 0 Å². The van der Waals surface area contributed by atoms with Crippen molar-refractivity contribution in [3.63, 3.8) is 0 Å². The maximum absolute atomic E-state index is 11.8. The van der Waals surface area contributed by atoms with Gasteiger partial charge in [0.05, 0.1) is 21.6 Å². The maximum Gasteiger partial charge on any atom is 0.339 e. The fourth-order valence-corrected chi connectivity index (χ4v) is 2.29. The quantitative estimate of drug-likeness (QED) is 0.269. The standard InChI is InChI=1S/C11H24O4Si2/c1-7-11(13,16)14-10(12)8(2)9(3)15-17(4,5)6/h13H,7H2,1-6,16H3. The second kappa shape index (κ2) is 5.83. The molecule has 100 valence electrons. The molecule has 1 atom stereocenters. The number of aliphatic hydroxyl groups is 1. The summed E-state index contributed by atoms with van der Waals surface area (Å²) in [5.41, 5.74) is -0.854. The molecule has 4 nitrogen and oxygen atoms in total. The van der Waals surface area contributed by atoms with Gasteiger partial charge in [0, 0.05) is 6.42 Å². The molecule has 1 N–H and O–H groups in total. The van der Waals surface area contributed by atoms with Gasteiger partial charge >= 0.3 is 5.97 Å². The Balaban J connectivity index is 4.75. The lowest BCUT2D eigenvalue weighted by molar-refractivity contribution is -0.175. The van der Waals surface area contributed by atoms with Gasteiger partial charge < -0.3 is 14.3 Å². The second-order valence-corrected chi connectivity index (χ2v) is 11.3. The minimum atomic E-state index is -1.72. The second-order valence-electron chi connectivity index (χ2n) is 5.31. The van der Waals surface area contributed by atoms with Crippen LogP contribution >= 0.6 is 0 Å². The predicted octanol–water partition coefficient (Wildman–Crippen LogP) is 1.10. The Hall–Kier alpha value is -0.596. The largest absolute Gasteiger partial charge is 0.547 e. The Morgan fingerprint density at radius 3 is 2.18 bits per heavy atom. The first kappa shape index (κ1) is 16.4. The van der Waals surface area contributed by atoms with E-state index in [2.05, 4.69) is 0 Å². The number of hydrogen-bond donors (Lipinski definition) is 1. The number of rotatable bonds is 5. The van der Waals surface area contributed by atoms with Crippen molar-refractivity contribution >= 4 is 24.5 Å². The van der Waals surface area contributed by atoms with E-state index in [-0.39, 0.29) is 0 Å². The molecule has 0 spiro atoms.